The normalized spacial score (nSPS) is 11.7. The van der Waals surface area contributed by atoms with Gasteiger partial charge in [0.25, 0.3) is 0 Å². The molecule has 1 heterocycles. The van der Waals surface area contributed by atoms with Crippen molar-refractivity contribution >= 4 is 35.1 Å². The molecule has 0 aliphatic heterocycles. The summed E-state index contributed by atoms with van der Waals surface area (Å²) in [4.78, 5) is 12.7. The highest BCUT2D eigenvalue weighted by molar-refractivity contribution is 7.98. The molecule has 0 fully saturated rings. The van der Waals surface area contributed by atoms with Crippen LogP contribution in [0, 0.1) is 6.92 Å². The number of anilines is 1. The highest BCUT2D eigenvalue weighted by Gasteiger charge is 2.22. The summed E-state index contributed by atoms with van der Waals surface area (Å²) < 4.78 is 7.13. The average molecular weight is 508 g/mol. The number of nitrogens with one attached hydrogen (secondary N) is 2. The van der Waals surface area contributed by atoms with Crippen molar-refractivity contribution < 1.29 is 9.53 Å². The van der Waals surface area contributed by atoms with Crippen LogP contribution >= 0.6 is 23.4 Å². The Morgan fingerprint density at radius 3 is 2.54 bits per heavy atom. The number of hydrogen-bond donors (Lipinski definition) is 2. The Balaban J connectivity index is 1.58. The average Bonchev–Trinajstić information content (AvgIpc) is 3.29. The summed E-state index contributed by atoms with van der Waals surface area (Å²) in [6.45, 7) is 3.88. The SMILES string of the molecule is COc1ccc(NC(=O)NC(C)c2nnc(SCc3ccccc3)n2-c2cc(Cl)ccc2C)cc1. The van der Waals surface area contributed by atoms with E-state index in [0.29, 0.717) is 16.5 Å². The molecule has 35 heavy (non-hydrogen) atoms. The van der Waals surface area contributed by atoms with Crippen LogP contribution in [0.4, 0.5) is 10.5 Å². The number of carbonyl (C=O) groups excluding carboxylic acids is 1. The van der Waals surface area contributed by atoms with Gasteiger partial charge in [0.05, 0.1) is 18.8 Å². The molecular formula is C26H26ClN5O2S. The third-order valence-electron chi connectivity index (χ3n) is 5.36. The molecule has 180 valence electrons. The lowest BCUT2D eigenvalue weighted by molar-refractivity contribution is 0.249. The molecule has 1 atom stereocenters. The Labute approximate surface area is 213 Å². The monoisotopic (exact) mass is 507 g/mol. The molecule has 2 amide bonds. The van der Waals surface area contributed by atoms with Gasteiger partial charge in [-0.3, -0.25) is 4.57 Å². The number of ether oxygens (including phenoxy) is 1. The maximum atomic E-state index is 12.7. The number of benzene rings is 3. The molecule has 4 aromatic rings. The summed E-state index contributed by atoms with van der Waals surface area (Å²) in [6.07, 6.45) is 0. The Morgan fingerprint density at radius 2 is 1.83 bits per heavy atom. The second-order valence-electron chi connectivity index (χ2n) is 7.93. The van der Waals surface area contributed by atoms with Gasteiger partial charge in [-0.05, 0) is 61.4 Å². The Morgan fingerprint density at radius 1 is 1.09 bits per heavy atom. The van der Waals surface area contributed by atoms with Crippen molar-refractivity contribution in [3.63, 3.8) is 0 Å². The van der Waals surface area contributed by atoms with Crippen LogP contribution in [0.5, 0.6) is 5.75 Å². The number of methoxy groups -OCH3 is 1. The van der Waals surface area contributed by atoms with E-state index in [1.807, 2.05) is 54.8 Å². The molecule has 0 spiro atoms. The van der Waals surface area contributed by atoms with E-state index in [-0.39, 0.29) is 6.03 Å². The number of thioether (sulfide) groups is 1. The fourth-order valence-electron chi connectivity index (χ4n) is 3.53. The molecule has 3 aromatic carbocycles. The van der Waals surface area contributed by atoms with E-state index in [4.69, 9.17) is 16.3 Å². The highest BCUT2D eigenvalue weighted by atomic mass is 35.5. The predicted octanol–water partition coefficient (Wildman–Crippen LogP) is 6.41. The number of rotatable bonds is 8. The molecule has 1 aromatic heterocycles. The van der Waals surface area contributed by atoms with Crippen molar-refractivity contribution in [1.29, 1.82) is 0 Å². The first kappa shape index (κ1) is 24.6. The van der Waals surface area contributed by atoms with Crippen molar-refractivity contribution in [2.75, 3.05) is 12.4 Å². The lowest BCUT2D eigenvalue weighted by Gasteiger charge is -2.18. The van der Waals surface area contributed by atoms with Gasteiger partial charge in [0, 0.05) is 16.5 Å². The van der Waals surface area contributed by atoms with Crippen molar-refractivity contribution in [1.82, 2.24) is 20.1 Å². The predicted molar refractivity (Wildman–Crippen MR) is 141 cm³/mol. The van der Waals surface area contributed by atoms with Crippen molar-refractivity contribution in [3.05, 3.63) is 94.8 Å². The zero-order valence-corrected chi connectivity index (χ0v) is 21.2. The lowest BCUT2D eigenvalue weighted by Crippen LogP contribution is -2.32. The van der Waals surface area contributed by atoms with Gasteiger partial charge in [-0.25, -0.2) is 4.79 Å². The second-order valence-corrected chi connectivity index (χ2v) is 9.31. The first-order chi connectivity index (χ1) is 16.9. The molecule has 0 saturated heterocycles. The van der Waals surface area contributed by atoms with Crippen LogP contribution in [0.3, 0.4) is 0 Å². The molecule has 0 aliphatic carbocycles. The minimum absolute atomic E-state index is 0.349. The Hall–Kier alpha value is -3.49. The summed E-state index contributed by atoms with van der Waals surface area (Å²) in [6, 6.07) is 22.2. The van der Waals surface area contributed by atoms with E-state index in [2.05, 4.69) is 33.0 Å². The van der Waals surface area contributed by atoms with Gasteiger partial charge in [0.2, 0.25) is 0 Å². The minimum atomic E-state index is -0.426. The van der Waals surface area contributed by atoms with Crippen LogP contribution in [0.1, 0.15) is 29.9 Å². The van der Waals surface area contributed by atoms with E-state index in [1.54, 1.807) is 43.1 Å². The van der Waals surface area contributed by atoms with Crippen molar-refractivity contribution in [3.8, 4) is 11.4 Å². The molecule has 2 N–H and O–H groups in total. The van der Waals surface area contributed by atoms with Gasteiger partial charge in [-0.1, -0.05) is 59.8 Å². The number of urea groups is 1. The van der Waals surface area contributed by atoms with Crippen LogP contribution in [-0.4, -0.2) is 27.9 Å². The number of nitrogens with zero attached hydrogens (tertiary/aromatic N) is 3. The van der Waals surface area contributed by atoms with Crippen LogP contribution < -0.4 is 15.4 Å². The van der Waals surface area contributed by atoms with Crippen LogP contribution in [0.2, 0.25) is 5.02 Å². The topological polar surface area (TPSA) is 81.1 Å². The van der Waals surface area contributed by atoms with Crippen LogP contribution in [-0.2, 0) is 5.75 Å². The maximum Gasteiger partial charge on any atom is 0.319 e. The van der Waals surface area contributed by atoms with E-state index in [1.165, 1.54) is 5.56 Å². The van der Waals surface area contributed by atoms with Gasteiger partial charge in [-0.15, -0.1) is 10.2 Å². The van der Waals surface area contributed by atoms with E-state index < -0.39 is 6.04 Å². The summed E-state index contributed by atoms with van der Waals surface area (Å²) in [5.41, 5.74) is 3.73. The Bertz CT molecular complexity index is 1300. The van der Waals surface area contributed by atoms with Gasteiger partial charge in [0.1, 0.15) is 5.75 Å². The van der Waals surface area contributed by atoms with E-state index in [0.717, 1.165) is 27.9 Å². The molecule has 4 rings (SSSR count). The lowest BCUT2D eigenvalue weighted by atomic mass is 10.2. The zero-order chi connectivity index (χ0) is 24.8. The van der Waals surface area contributed by atoms with Gasteiger partial charge in [0.15, 0.2) is 11.0 Å². The summed E-state index contributed by atoms with van der Waals surface area (Å²) in [7, 11) is 1.60. The van der Waals surface area contributed by atoms with Gasteiger partial charge < -0.3 is 15.4 Å². The van der Waals surface area contributed by atoms with Crippen LogP contribution in [0.15, 0.2) is 78.0 Å². The third-order valence-corrected chi connectivity index (χ3v) is 6.60. The molecule has 0 bridgehead atoms. The molecule has 0 aliphatic rings. The minimum Gasteiger partial charge on any atom is -0.497 e. The quantitative estimate of drug-likeness (QED) is 0.269. The van der Waals surface area contributed by atoms with Gasteiger partial charge >= 0.3 is 6.03 Å². The number of amides is 2. The highest BCUT2D eigenvalue weighted by Crippen LogP contribution is 2.30. The van der Waals surface area contributed by atoms with Gasteiger partial charge in [-0.2, -0.15) is 0 Å². The number of aromatic nitrogens is 3. The molecule has 1 unspecified atom stereocenters. The largest absolute Gasteiger partial charge is 0.497 e. The van der Waals surface area contributed by atoms with E-state index in [9.17, 15) is 4.79 Å². The van der Waals surface area contributed by atoms with Crippen LogP contribution in [0.25, 0.3) is 5.69 Å². The molecule has 0 radical (unpaired) electrons. The van der Waals surface area contributed by atoms with Crippen molar-refractivity contribution in [2.45, 2.75) is 30.8 Å². The number of hydrogen-bond acceptors (Lipinski definition) is 5. The second kappa shape index (κ2) is 11.3. The van der Waals surface area contributed by atoms with Crippen molar-refractivity contribution in [2.24, 2.45) is 0 Å². The Kier molecular flexibility index (Phi) is 7.94. The third kappa shape index (κ3) is 6.15. The maximum absolute atomic E-state index is 12.7. The molecule has 9 heteroatoms. The molecular weight excluding hydrogens is 482 g/mol. The first-order valence-corrected chi connectivity index (χ1v) is 12.4. The number of halogens is 1. The first-order valence-electron chi connectivity index (χ1n) is 11.0. The fraction of sp³-hybridized carbons (Fsp3) is 0.192. The summed E-state index contributed by atoms with van der Waals surface area (Å²) >= 11 is 7.92. The number of carbonyl (C=O) groups is 1. The fourth-order valence-corrected chi connectivity index (χ4v) is 4.60. The summed E-state index contributed by atoms with van der Waals surface area (Å²) in [5, 5.41) is 16.0. The standard InChI is InChI=1S/C26H26ClN5O2S/c1-17-9-10-20(27)15-23(17)32-24(30-31-26(32)35-16-19-7-5-4-6-8-19)18(2)28-25(33)29-21-11-13-22(34-3)14-12-21/h4-15,18H,16H2,1-3H3,(H2,28,29,33). The zero-order valence-electron chi connectivity index (χ0n) is 19.7. The summed E-state index contributed by atoms with van der Waals surface area (Å²) in [5.74, 6) is 2.06. The number of aryl methyl sites for hydroxylation is 1. The molecule has 7 nitrogen and oxygen atoms in total. The van der Waals surface area contributed by atoms with E-state index >= 15 is 0 Å². The molecule has 0 saturated carbocycles. The smallest absolute Gasteiger partial charge is 0.319 e.